The molecule has 0 bridgehead atoms. The minimum atomic E-state index is -4.37. The summed E-state index contributed by atoms with van der Waals surface area (Å²) < 4.78 is 38.8. The first-order valence-corrected chi connectivity index (χ1v) is 15.0. The lowest BCUT2D eigenvalue weighted by atomic mass is 9.88. The van der Waals surface area contributed by atoms with E-state index in [0.717, 1.165) is 68.9 Å². The van der Waals surface area contributed by atoms with E-state index in [-0.39, 0.29) is 5.91 Å². The van der Waals surface area contributed by atoms with Crippen molar-refractivity contribution in [3.05, 3.63) is 137 Å². The number of piperazine rings is 1. The van der Waals surface area contributed by atoms with Crippen LogP contribution in [-0.2, 0) is 19.1 Å². The van der Waals surface area contributed by atoms with Gasteiger partial charge >= 0.3 is 6.18 Å². The van der Waals surface area contributed by atoms with Gasteiger partial charge in [-0.15, -0.1) is 0 Å². The molecule has 7 heteroatoms. The van der Waals surface area contributed by atoms with Gasteiger partial charge in [-0.05, 0) is 65.9 Å². The molecule has 0 spiro atoms. The second-order valence-electron chi connectivity index (χ2n) is 11.5. The SMILES string of the molecule is O=C1c2cc(N3CCN(CCC(c4ccccc4)c4ccccc4)CC3)ccc2CCN1Cc1ccc(C(F)(F)F)cc1. The van der Waals surface area contributed by atoms with Gasteiger partial charge in [0.05, 0.1) is 5.56 Å². The largest absolute Gasteiger partial charge is 0.416 e. The number of halogens is 3. The molecule has 4 aromatic rings. The molecule has 222 valence electrons. The van der Waals surface area contributed by atoms with Gasteiger partial charge in [0.2, 0.25) is 0 Å². The summed E-state index contributed by atoms with van der Waals surface area (Å²) in [4.78, 5) is 20.1. The summed E-state index contributed by atoms with van der Waals surface area (Å²) in [7, 11) is 0. The van der Waals surface area contributed by atoms with E-state index >= 15 is 0 Å². The third-order valence-corrected chi connectivity index (χ3v) is 8.79. The van der Waals surface area contributed by atoms with Crippen LogP contribution in [0.2, 0.25) is 0 Å². The molecule has 1 saturated heterocycles. The molecule has 2 aliphatic heterocycles. The van der Waals surface area contributed by atoms with E-state index in [1.165, 1.54) is 23.3 Å². The number of anilines is 1. The monoisotopic (exact) mass is 583 g/mol. The maximum absolute atomic E-state index is 13.4. The number of alkyl halides is 3. The summed E-state index contributed by atoms with van der Waals surface area (Å²) >= 11 is 0. The Hall–Kier alpha value is -4.10. The van der Waals surface area contributed by atoms with Crippen LogP contribution in [-0.4, -0.2) is 55.0 Å². The van der Waals surface area contributed by atoms with Crippen molar-refractivity contribution in [2.45, 2.75) is 31.5 Å². The number of fused-ring (bicyclic) bond motifs is 1. The molecule has 4 aromatic carbocycles. The summed E-state index contributed by atoms with van der Waals surface area (Å²) in [5.74, 6) is 0.298. The Morgan fingerprint density at radius 1 is 0.721 bits per heavy atom. The zero-order valence-corrected chi connectivity index (χ0v) is 24.1. The first kappa shape index (κ1) is 29.0. The van der Waals surface area contributed by atoms with E-state index in [4.69, 9.17) is 0 Å². The van der Waals surface area contributed by atoms with Gasteiger partial charge in [-0.3, -0.25) is 9.69 Å². The summed E-state index contributed by atoms with van der Waals surface area (Å²) in [6.07, 6.45) is -2.58. The van der Waals surface area contributed by atoms with Gasteiger partial charge in [0, 0.05) is 56.4 Å². The van der Waals surface area contributed by atoms with Crippen LogP contribution >= 0.6 is 0 Å². The van der Waals surface area contributed by atoms with Crippen LogP contribution in [0.1, 0.15) is 50.5 Å². The van der Waals surface area contributed by atoms with Crippen LogP contribution in [0.4, 0.5) is 18.9 Å². The third kappa shape index (κ3) is 6.78. The fraction of sp³-hybridized carbons (Fsp3) is 0.306. The van der Waals surface area contributed by atoms with Crippen molar-refractivity contribution in [3.63, 3.8) is 0 Å². The molecule has 4 nitrogen and oxygen atoms in total. The lowest BCUT2D eigenvalue weighted by Crippen LogP contribution is -2.47. The van der Waals surface area contributed by atoms with Crippen LogP contribution in [0.5, 0.6) is 0 Å². The third-order valence-electron chi connectivity index (χ3n) is 8.79. The van der Waals surface area contributed by atoms with Crippen LogP contribution in [0.25, 0.3) is 0 Å². The van der Waals surface area contributed by atoms with Gasteiger partial charge in [0.1, 0.15) is 0 Å². The number of rotatable bonds is 8. The molecule has 0 aromatic heterocycles. The molecule has 6 rings (SSSR count). The minimum absolute atomic E-state index is 0.0606. The first-order chi connectivity index (χ1) is 20.8. The Kier molecular flexibility index (Phi) is 8.52. The number of carbonyl (C=O) groups excluding carboxylic acids is 1. The molecular weight excluding hydrogens is 547 g/mol. The topological polar surface area (TPSA) is 26.8 Å². The standard InChI is InChI=1S/C36H36F3N3O/c37-36(38,39)31-14-11-27(12-15-31)26-42-20-17-30-13-16-32(25-34(30)35(42)43)41-23-21-40(22-24-41)19-18-33(28-7-3-1-4-8-28)29-9-5-2-6-10-29/h1-16,25,33H,17-24,26H2. The van der Waals surface area contributed by atoms with Crippen molar-refractivity contribution in [1.29, 1.82) is 0 Å². The lowest BCUT2D eigenvalue weighted by molar-refractivity contribution is -0.137. The molecular formula is C36H36F3N3O. The quantitative estimate of drug-likeness (QED) is 0.219. The van der Waals surface area contributed by atoms with Crippen LogP contribution < -0.4 is 4.90 Å². The predicted octanol–water partition coefficient (Wildman–Crippen LogP) is 7.25. The second kappa shape index (κ2) is 12.6. The summed E-state index contributed by atoms with van der Waals surface area (Å²) in [5, 5.41) is 0. The highest BCUT2D eigenvalue weighted by Gasteiger charge is 2.31. The Morgan fingerprint density at radius 3 is 1.95 bits per heavy atom. The van der Waals surface area contributed by atoms with Crippen LogP contribution in [0.3, 0.4) is 0 Å². The summed E-state index contributed by atoms with van der Waals surface area (Å²) in [6, 6.07) is 32.7. The van der Waals surface area contributed by atoms with E-state index < -0.39 is 11.7 Å². The molecule has 0 N–H and O–H groups in total. The normalized spacial score (nSPS) is 16.0. The summed E-state index contributed by atoms with van der Waals surface area (Å²) in [6.45, 7) is 5.57. The average Bonchev–Trinajstić information content (AvgIpc) is 3.04. The smallest absolute Gasteiger partial charge is 0.369 e. The average molecular weight is 584 g/mol. The Labute approximate surface area is 251 Å². The Morgan fingerprint density at radius 2 is 1.35 bits per heavy atom. The maximum atomic E-state index is 13.4. The molecule has 0 aliphatic carbocycles. The van der Waals surface area contributed by atoms with Gasteiger partial charge in [-0.2, -0.15) is 13.2 Å². The number of hydrogen-bond donors (Lipinski definition) is 0. The highest BCUT2D eigenvalue weighted by molar-refractivity contribution is 5.97. The first-order valence-electron chi connectivity index (χ1n) is 15.0. The molecule has 0 saturated carbocycles. The van der Waals surface area contributed by atoms with E-state index in [0.29, 0.717) is 30.1 Å². The van der Waals surface area contributed by atoms with Gasteiger partial charge in [0.25, 0.3) is 5.91 Å². The number of amides is 1. The predicted molar refractivity (Wildman–Crippen MR) is 164 cm³/mol. The molecule has 2 aliphatic rings. The van der Waals surface area contributed by atoms with E-state index in [1.807, 2.05) is 6.07 Å². The number of carbonyl (C=O) groups is 1. The molecule has 2 heterocycles. The number of nitrogens with zero attached hydrogens (tertiary/aromatic N) is 3. The van der Waals surface area contributed by atoms with E-state index in [9.17, 15) is 18.0 Å². The lowest BCUT2D eigenvalue weighted by Gasteiger charge is -2.37. The van der Waals surface area contributed by atoms with Crippen molar-refractivity contribution in [1.82, 2.24) is 9.80 Å². The fourth-order valence-corrected chi connectivity index (χ4v) is 6.31. The highest BCUT2D eigenvalue weighted by atomic mass is 19.4. The Balaban J connectivity index is 1.07. The van der Waals surface area contributed by atoms with E-state index in [2.05, 4.69) is 82.6 Å². The fourth-order valence-electron chi connectivity index (χ4n) is 6.31. The van der Waals surface area contributed by atoms with E-state index in [1.54, 1.807) is 4.90 Å². The van der Waals surface area contributed by atoms with Crippen molar-refractivity contribution in [2.75, 3.05) is 44.2 Å². The molecule has 0 unspecified atom stereocenters. The number of benzene rings is 4. The molecule has 1 amide bonds. The summed E-state index contributed by atoms with van der Waals surface area (Å²) in [5.41, 5.74) is 5.49. The maximum Gasteiger partial charge on any atom is 0.416 e. The van der Waals surface area contributed by atoms with Crippen molar-refractivity contribution in [2.24, 2.45) is 0 Å². The molecule has 43 heavy (non-hydrogen) atoms. The van der Waals surface area contributed by atoms with Crippen LogP contribution in [0.15, 0.2) is 103 Å². The van der Waals surface area contributed by atoms with Crippen molar-refractivity contribution >= 4 is 11.6 Å². The molecule has 0 atom stereocenters. The zero-order valence-electron chi connectivity index (χ0n) is 24.1. The van der Waals surface area contributed by atoms with Crippen molar-refractivity contribution in [3.8, 4) is 0 Å². The van der Waals surface area contributed by atoms with Crippen LogP contribution in [0, 0.1) is 0 Å². The van der Waals surface area contributed by atoms with Gasteiger partial charge in [0.15, 0.2) is 0 Å². The Bertz CT molecular complexity index is 1480. The van der Waals surface area contributed by atoms with Gasteiger partial charge in [-0.1, -0.05) is 78.9 Å². The van der Waals surface area contributed by atoms with Gasteiger partial charge in [-0.25, -0.2) is 0 Å². The minimum Gasteiger partial charge on any atom is -0.369 e. The highest BCUT2D eigenvalue weighted by Crippen LogP contribution is 2.31. The number of hydrogen-bond acceptors (Lipinski definition) is 3. The second-order valence-corrected chi connectivity index (χ2v) is 11.5. The van der Waals surface area contributed by atoms with Gasteiger partial charge < -0.3 is 9.80 Å². The zero-order chi connectivity index (χ0) is 29.8. The van der Waals surface area contributed by atoms with Crippen molar-refractivity contribution < 1.29 is 18.0 Å². The molecule has 1 fully saturated rings. The molecule has 0 radical (unpaired) electrons.